The third-order valence-electron chi connectivity index (χ3n) is 2.18. The maximum absolute atomic E-state index is 10.9. The van der Waals surface area contributed by atoms with Crippen molar-refractivity contribution in [3.8, 4) is 0 Å². The Bertz CT molecular complexity index is 180. The van der Waals surface area contributed by atoms with Gasteiger partial charge in [-0.15, -0.1) is 0 Å². The van der Waals surface area contributed by atoms with Gasteiger partial charge in [0, 0.05) is 6.54 Å². The van der Waals surface area contributed by atoms with E-state index in [4.69, 9.17) is 0 Å². The maximum Gasteiger partial charge on any atom is 0.243 e. The van der Waals surface area contributed by atoms with Crippen molar-refractivity contribution in [2.24, 2.45) is 0 Å². The van der Waals surface area contributed by atoms with Gasteiger partial charge < -0.3 is 5.32 Å². The van der Waals surface area contributed by atoms with E-state index in [-0.39, 0.29) is 5.91 Å². The first-order valence-corrected chi connectivity index (χ1v) is 5.35. The Morgan fingerprint density at radius 3 is 2.64 bits per heavy atom. The van der Waals surface area contributed by atoms with Crippen molar-refractivity contribution in [1.29, 1.82) is 0 Å². The molecule has 0 bridgehead atoms. The number of carbonyl (C=O) groups is 1. The molecule has 0 aromatic heterocycles. The molecular weight excluding hydrogens is 173 g/mol. The van der Waals surface area contributed by atoms with Crippen LogP contribution in [0.5, 0.6) is 0 Å². The molecular formula is C11H21BNO. The molecule has 1 unspecified atom stereocenters. The number of nitrogens with one attached hydrogen (secondary N) is 1. The first kappa shape index (κ1) is 13.3. The van der Waals surface area contributed by atoms with Crippen LogP contribution in [0.4, 0.5) is 0 Å². The van der Waals surface area contributed by atoms with Gasteiger partial charge in [0.2, 0.25) is 5.91 Å². The molecule has 0 aliphatic heterocycles. The molecule has 79 valence electrons. The van der Waals surface area contributed by atoms with Crippen LogP contribution in [0.1, 0.15) is 33.6 Å². The van der Waals surface area contributed by atoms with Crippen LogP contribution in [0, 0.1) is 0 Å². The molecule has 14 heavy (non-hydrogen) atoms. The fourth-order valence-corrected chi connectivity index (χ4v) is 1.43. The van der Waals surface area contributed by atoms with E-state index >= 15 is 0 Å². The van der Waals surface area contributed by atoms with Crippen LogP contribution >= 0.6 is 0 Å². The van der Waals surface area contributed by atoms with E-state index in [1.54, 1.807) is 0 Å². The molecule has 0 saturated carbocycles. The highest BCUT2D eigenvalue weighted by Crippen LogP contribution is 2.18. The summed E-state index contributed by atoms with van der Waals surface area (Å²) in [6, 6.07) is 0. The van der Waals surface area contributed by atoms with Crippen LogP contribution < -0.4 is 5.32 Å². The lowest BCUT2D eigenvalue weighted by Crippen LogP contribution is -2.24. The van der Waals surface area contributed by atoms with E-state index in [2.05, 4.69) is 39.9 Å². The molecule has 0 aliphatic rings. The van der Waals surface area contributed by atoms with Crippen molar-refractivity contribution in [3.05, 3.63) is 12.7 Å². The Morgan fingerprint density at radius 1 is 1.57 bits per heavy atom. The van der Waals surface area contributed by atoms with Gasteiger partial charge in [0.05, 0.1) is 0 Å². The molecule has 1 radical (unpaired) electrons. The Hall–Kier alpha value is -0.725. The maximum atomic E-state index is 10.9. The van der Waals surface area contributed by atoms with Crippen molar-refractivity contribution < 1.29 is 4.79 Å². The average Bonchev–Trinajstić information content (AvgIpc) is 2.15. The molecule has 0 aromatic carbocycles. The predicted molar refractivity (Wildman–Crippen MR) is 62.7 cm³/mol. The van der Waals surface area contributed by atoms with Gasteiger partial charge >= 0.3 is 0 Å². The van der Waals surface area contributed by atoms with Gasteiger partial charge in [-0.2, -0.15) is 0 Å². The zero-order valence-corrected chi connectivity index (χ0v) is 9.55. The third-order valence-corrected chi connectivity index (χ3v) is 2.18. The number of carbonyl (C=O) groups excluding carboxylic acids is 1. The summed E-state index contributed by atoms with van der Waals surface area (Å²) in [7, 11) is 2.35. The zero-order valence-electron chi connectivity index (χ0n) is 9.55. The second-order valence-corrected chi connectivity index (χ2v) is 3.89. The fourth-order valence-electron chi connectivity index (χ4n) is 1.43. The van der Waals surface area contributed by atoms with Crippen LogP contribution in [0.25, 0.3) is 0 Å². The first-order chi connectivity index (χ1) is 6.60. The van der Waals surface area contributed by atoms with Crippen molar-refractivity contribution >= 4 is 13.2 Å². The standard InChI is InChI=1S/C11H21BNO/c1-5-10(12-9(3)4)7-8-13-11(14)6-2/h6,9-10H,2,5,7-8H2,1,3-4H3,(H,13,14). The van der Waals surface area contributed by atoms with Gasteiger partial charge in [-0.3, -0.25) is 4.79 Å². The molecule has 0 aromatic rings. The van der Waals surface area contributed by atoms with Gasteiger partial charge in [0.25, 0.3) is 0 Å². The molecule has 0 rings (SSSR count). The highest BCUT2D eigenvalue weighted by Gasteiger charge is 2.10. The fraction of sp³-hybridized carbons (Fsp3) is 0.727. The summed E-state index contributed by atoms with van der Waals surface area (Å²) < 4.78 is 0. The quantitative estimate of drug-likeness (QED) is 0.489. The van der Waals surface area contributed by atoms with Gasteiger partial charge in [0.1, 0.15) is 7.28 Å². The molecule has 2 nitrogen and oxygen atoms in total. The second kappa shape index (κ2) is 7.66. The summed E-state index contributed by atoms with van der Waals surface area (Å²) in [6.45, 7) is 10.7. The molecule has 3 heteroatoms. The molecule has 0 aliphatic carbocycles. The lowest BCUT2D eigenvalue weighted by atomic mass is 9.54. The third kappa shape index (κ3) is 6.75. The SMILES string of the molecule is C=CC(=O)NCCC([B]C(C)C)CC. The average molecular weight is 194 g/mol. The highest BCUT2D eigenvalue weighted by atomic mass is 16.1. The van der Waals surface area contributed by atoms with E-state index < -0.39 is 0 Å². The highest BCUT2D eigenvalue weighted by molar-refractivity contribution is 6.39. The lowest BCUT2D eigenvalue weighted by molar-refractivity contribution is -0.116. The minimum atomic E-state index is -0.0793. The largest absolute Gasteiger partial charge is 0.353 e. The molecule has 1 N–H and O–H groups in total. The topological polar surface area (TPSA) is 29.1 Å². The minimum absolute atomic E-state index is 0.0793. The molecule has 1 amide bonds. The van der Waals surface area contributed by atoms with E-state index in [1.807, 2.05) is 0 Å². The number of amides is 1. The van der Waals surface area contributed by atoms with Gasteiger partial charge in [0.15, 0.2) is 0 Å². The van der Waals surface area contributed by atoms with Gasteiger partial charge in [-0.25, -0.2) is 0 Å². The number of hydrogen-bond donors (Lipinski definition) is 1. The van der Waals surface area contributed by atoms with Crippen LogP contribution in [0.2, 0.25) is 11.6 Å². The van der Waals surface area contributed by atoms with Crippen LogP contribution in [-0.4, -0.2) is 19.7 Å². The minimum Gasteiger partial charge on any atom is -0.353 e. The van der Waals surface area contributed by atoms with Gasteiger partial charge in [-0.05, 0) is 12.5 Å². The molecule has 1 atom stereocenters. The van der Waals surface area contributed by atoms with E-state index in [0.29, 0.717) is 11.6 Å². The summed E-state index contributed by atoms with van der Waals surface area (Å²) in [5.74, 6) is 1.15. The second-order valence-electron chi connectivity index (χ2n) is 3.89. The van der Waals surface area contributed by atoms with Crippen LogP contribution in [-0.2, 0) is 4.79 Å². The summed E-state index contributed by atoms with van der Waals surface area (Å²) in [4.78, 5) is 10.9. The van der Waals surface area contributed by atoms with Crippen LogP contribution in [0.3, 0.4) is 0 Å². The molecule has 0 saturated heterocycles. The lowest BCUT2D eigenvalue weighted by Gasteiger charge is -2.15. The summed E-state index contributed by atoms with van der Waals surface area (Å²) in [6.07, 6.45) is 3.48. The monoisotopic (exact) mass is 194 g/mol. The van der Waals surface area contributed by atoms with Crippen molar-refractivity contribution in [1.82, 2.24) is 5.32 Å². The van der Waals surface area contributed by atoms with E-state index in [9.17, 15) is 4.79 Å². The smallest absolute Gasteiger partial charge is 0.243 e. The normalized spacial score (nSPS) is 12.3. The van der Waals surface area contributed by atoms with E-state index in [0.717, 1.165) is 19.4 Å². The Balaban J connectivity index is 3.62. The first-order valence-electron chi connectivity index (χ1n) is 5.35. The summed E-state index contributed by atoms with van der Waals surface area (Å²) >= 11 is 0. The number of rotatable bonds is 7. The van der Waals surface area contributed by atoms with Crippen molar-refractivity contribution in [2.45, 2.75) is 45.2 Å². The Morgan fingerprint density at radius 2 is 2.21 bits per heavy atom. The summed E-state index contributed by atoms with van der Waals surface area (Å²) in [5.41, 5.74) is 0. The zero-order chi connectivity index (χ0) is 11.0. The Kier molecular flexibility index (Phi) is 7.26. The molecule has 0 spiro atoms. The predicted octanol–water partition coefficient (Wildman–Crippen LogP) is 2.41. The van der Waals surface area contributed by atoms with Crippen LogP contribution in [0.15, 0.2) is 12.7 Å². The number of hydrogen-bond acceptors (Lipinski definition) is 1. The molecule has 0 heterocycles. The van der Waals surface area contributed by atoms with Crippen molar-refractivity contribution in [2.75, 3.05) is 6.54 Å². The van der Waals surface area contributed by atoms with Gasteiger partial charge in [-0.1, -0.05) is 45.4 Å². The van der Waals surface area contributed by atoms with E-state index in [1.165, 1.54) is 6.08 Å². The summed E-state index contributed by atoms with van der Waals surface area (Å²) in [5, 5.41) is 2.79. The van der Waals surface area contributed by atoms with Crippen molar-refractivity contribution in [3.63, 3.8) is 0 Å². The Labute approximate surface area is 88.4 Å². The molecule has 0 fully saturated rings.